The van der Waals surface area contributed by atoms with Crippen molar-refractivity contribution < 1.29 is 0 Å². The van der Waals surface area contributed by atoms with E-state index in [1.54, 1.807) is 0 Å². The first-order valence-electron chi connectivity index (χ1n) is 4.82. The number of hydrogen-bond acceptors (Lipinski definition) is 1. The molecule has 2 nitrogen and oxygen atoms in total. The molecule has 0 aliphatic heterocycles. The first-order chi connectivity index (χ1) is 6.86. The van der Waals surface area contributed by atoms with E-state index < -0.39 is 0 Å². The summed E-state index contributed by atoms with van der Waals surface area (Å²) in [7, 11) is 0. The summed E-state index contributed by atoms with van der Waals surface area (Å²) < 4.78 is 0. The first kappa shape index (κ1) is 8.88. The van der Waals surface area contributed by atoms with Gasteiger partial charge in [-0.25, -0.2) is 0 Å². The van der Waals surface area contributed by atoms with Crippen LogP contribution in [0.1, 0.15) is 11.3 Å². The van der Waals surface area contributed by atoms with Crippen molar-refractivity contribution in [2.75, 3.05) is 5.73 Å². The van der Waals surface area contributed by atoms with Gasteiger partial charge in [0, 0.05) is 11.9 Å². The minimum absolute atomic E-state index is 0.862. The molecular weight excluding hydrogens is 172 g/mol. The lowest BCUT2D eigenvalue weighted by Crippen LogP contribution is -1.95. The predicted molar refractivity (Wildman–Crippen MR) is 59.1 cm³/mol. The number of rotatable bonds is 3. The lowest BCUT2D eigenvalue weighted by atomic mass is 10.1. The highest BCUT2D eigenvalue weighted by molar-refractivity contribution is 5.43. The summed E-state index contributed by atoms with van der Waals surface area (Å²) in [6.45, 7) is 0. The molecule has 2 heteroatoms. The second-order valence-electron chi connectivity index (χ2n) is 3.40. The van der Waals surface area contributed by atoms with Gasteiger partial charge in [-0.3, -0.25) is 0 Å². The Bertz CT molecular complexity index is 390. The maximum absolute atomic E-state index is 5.77. The zero-order valence-corrected chi connectivity index (χ0v) is 8.03. The van der Waals surface area contributed by atoms with Crippen LogP contribution in [0.4, 0.5) is 5.69 Å². The van der Waals surface area contributed by atoms with Crippen LogP contribution in [0, 0.1) is 0 Å². The minimum atomic E-state index is 0.862. The molecule has 0 spiro atoms. The Morgan fingerprint density at radius 1 is 1.00 bits per heavy atom. The Morgan fingerprint density at radius 3 is 2.43 bits per heavy atom. The van der Waals surface area contributed by atoms with Crippen molar-refractivity contribution in [1.29, 1.82) is 0 Å². The summed E-state index contributed by atoms with van der Waals surface area (Å²) in [6.07, 6.45) is 3.89. The van der Waals surface area contributed by atoms with Crippen molar-refractivity contribution in [3.63, 3.8) is 0 Å². The molecule has 0 amide bonds. The number of aromatic nitrogens is 1. The monoisotopic (exact) mass is 186 g/mol. The van der Waals surface area contributed by atoms with Crippen molar-refractivity contribution in [1.82, 2.24) is 4.98 Å². The van der Waals surface area contributed by atoms with Crippen LogP contribution in [0.15, 0.2) is 42.6 Å². The van der Waals surface area contributed by atoms with Crippen molar-refractivity contribution in [3.8, 4) is 0 Å². The Balaban J connectivity index is 1.99. The predicted octanol–water partition coefficient (Wildman–Crippen LogP) is 2.38. The van der Waals surface area contributed by atoms with Crippen LogP contribution in [0.2, 0.25) is 0 Å². The number of nitrogens with one attached hydrogen (secondary N) is 1. The Hall–Kier alpha value is -1.70. The molecule has 0 atom stereocenters. The summed E-state index contributed by atoms with van der Waals surface area (Å²) in [5.74, 6) is 0. The molecule has 2 aromatic rings. The van der Waals surface area contributed by atoms with Crippen molar-refractivity contribution in [3.05, 3.63) is 53.9 Å². The first-order valence-corrected chi connectivity index (χ1v) is 4.82. The van der Waals surface area contributed by atoms with E-state index in [1.165, 1.54) is 5.56 Å². The second-order valence-corrected chi connectivity index (χ2v) is 3.40. The number of hydrogen-bond donors (Lipinski definition) is 2. The van der Waals surface area contributed by atoms with Gasteiger partial charge in [-0.15, -0.1) is 0 Å². The molecule has 1 aromatic heterocycles. The van der Waals surface area contributed by atoms with Crippen LogP contribution < -0.4 is 5.73 Å². The number of aryl methyl sites for hydroxylation is 2. The average Bonchev–Trinajstić information content (AvgIpc) is 2.63. The van der Waals surface area contributed by atoms with E-state index in [2.05, 4.69) is 29.2 Å². The smallest absolute Gasteiger partial charge is 0.0524 e. The van der Waals surface area contributed by atoms with E-state index >= 15 is 0 Å². The van der Waals surface area contributed by atoms with E-state index in [0.717, 1.165) is 24.2 Å². The van der Waals surface area contributed by atoms with Crippen LogP contribution >= 0.6 is 0 Å². The fraction of sp³-hybridized carbons (Fsp3) is 0.167. The van der Waals surface area contributed by atoms with Crippen LogP contribution in [0.25, 0.3) is 0 Å². The molecule has 2 rings (SSSR count). The van der Waals surface area contributed by atoms with E-state index in [0.29, 0.717) is 0 Å². The summed E-state index contributed by atoms with van der Waals surface area (Å²) in [5.41, 5.74) is 9.12. The highest BCUT2D eigenvalue weighted by Crippen LogP contribution is 2.11. The zero-order valence-electron chi connectivity index (χ0n) is 8.03. The molecule has 0 saturated heterocycles. The summed E-state index contributed by atoms with van der Waals surface area (Å²) in [5, 5.41) is 0. The highest BCUT2D eigenvalue weighted by Gasteiger charge is 1.99. The molecule has 1 heterocycles. The number of nitrogens with two attached hydrogens (primary N) is 1. The Morgan fingerprint density at radius 2 is 1.79 bits per heavy atom. The largest absolute Gasteiger partial charge is 0.397 e. The van der Waals surface area contributed by atoms with Crippen LogP contribution in [0.3, 0.4) is 0 Å². The molecule has 0 saturated carbocycles. The fourth-order valence-electron chi connectivity index (χ4n) is 1.55. The maximum atomic E-state index is 5.77. The van der Waals surface area contributed by atoms with Crippen molar-refractivity contribution in [2.45, 2.75) is 12.8 Å². The number of H-pyrrole nitrogens is 1. The SMILES string of the molecule is Nc1cc[nH]c1CCc1ccccc1. The molecule has 0 unspecified atom stereocenters. The molecule has 0 radical (unpaired) electrons. The highest BCUT2D eigenvalue weighted by atomic mass is 14.7. The molecule has 0 aliphatic rings. The lowest BCUT2D eigenvalue weighted by molar-refractivity contribution is 0.928. The van der Waals surface area contributed by atoms with Gasteiger partial charge in [0.1, 0.15) is 0 Å². The van der Waals surface area contributed by atoms with Gasteiger partial charge in [-0.05, 0) is 24.5 Å². The summed E-state index contributed by atoms with van der Waals surface area (Å²) in [6, 6.07) is 12.3. The second kappa shape index (κ2) is 4.01. The zero-order chi connectivity index (χ0) is 9.80. The molecule has 3 N–H and O–H groups in total. The van der Waals surface area contributed by atoms with Gasteiger partial charge in [-0.2, -0.15) is 0 Å². The van der Waals surface area contributed by atoms with E-state index in [4.69, 9.17) is 5.73 Å². The van der Waals surface area contributed by atoms with Crippen LogP contribution in [0.5, 0.6) is 0 Å². The summed E-state index contributed by atoms with van der Waals surface area (Å²) >= 11 is 0. The third-order valence-corrected chi connectivity index (χ3v) is 2.38. The number of anilines is 1. The fourth-order valence-corrected chi connectivity index (χ4v) is 1.55. The van der Waals surface area contributed by atoms with Gasteiger partial charge in [0.2, 0.25) is 0 Å². The van der Waals surface area contributed by atoms with Gasteiger partial charge in [0.25, 0.3) is 0 Å². The van der Waals surface area contributed by atoms with Gasteiger partial charge >= 0.3 is 0 Å². The number of benzene rings is 1. The third kappa shape index (κ3) is 1.96. The van der Waals surface area contributed by atoms with E-state index in [1.807, 2.05) is 18.3 Å². The molecule has 1 aromatic carbocycles. The van der Waals surface area contributed by atoms with Gasteiger partial charge < -0.3 is 10.7 Å². The van der Waals surface area contributed by atoms with Gasteiger partial charge in [-0.1, -0.05) is 30.3 Å². The number of aromatic amines is 1. The number of nitrogen functional groups attached to an aromatic ring is 1. The average molecular weight is 186 g/mol. The summed E-state index contributed by atoms with van der Waals surface area (Å²) in [4.78, 5) is 3.15. The minimum Gasteiger partial charge on any atom is -0.397 e. The molecule has 72 valence electrons. The molecule has 0 bridgehead atoms. The standard InChI is InChI=1S/C12H14N2/c13-11-8-9-14-12(11)7-6-10-4-2-1-3-5-10/h1-5,8-9,14H,6-7,13H2. The molecule has 0 aliphatic carbocycles. The molecular formula is C12H14N2. The van der Waals surface area contributed by atoms with Crippen molar-refractivity contribution in [2.24, 2.45) is 0 Å². The van der Waals surface area contributed by atoms with Crippen molar-refractivity contribution >= 4 is 5.69 Å². The molecule has 14 heavy (non-hydrogen) atoms. The van der Waals surface area contributed by atoms with E-state index in [-0.39, 0.29) is 0 Å². The topological polar surface area (TPSA) is 41.8 Å². The maximum Gasteiger partial charge on any atom is 0.0524 e. The quantitative estimate of drug-likeness (QED) is 0.759. The lowest BCUT2D eigenvalue weighted by Gasteiger charge is -2.00. The molecule has 0 fully saturated rings. The Kier molecular flexibility index (Phi) is 2.54. The Labute approximate surface area is 83.8 Å². The van der Waals surface area contributed by atoms with Gasteiger partial charge in [0.15, 0.2) is 0 Å². The van der Waals surface area contributed by atoms with Gasteiger partial charge in [0.05, 0.1) is 5.69 Å². The third-order valence-electron chi connectivity index (χ3n) is 2.38. The normalized spacial score (nSPS) is 10.3. The van der Waals surface area contributed by atoms with Crippen LogP contribution in [-0.4, -0.2) is 4.98 Å². The van der Waals surface area contributed by atoms with E-state index in [9.17, 15) is 0 Å². The van der Waals surface area contributed by atoms with Crippen LogP contribution in [-0.2, 0) is 12.8 Å².